The van der Waals surface area contributed by atoms with Crippen LogP contribution in [0, 0.1) is 12.8 Å². The lowest BCUT2D eigenvalue weighted by Gasteiger charge is -2.02. The average Bonchev–Trinajstić information content (AvgIpc) is 2.75. The van der Waals surface area contributed by atoms with Gasteiger partial charge in [0, 0.05) is 23.9 Å². The zero-order valence-electron chi connectivity index (χ0n) is 8.78. The zero-order valence-corrected chi connectivity index (χ0v) is 8.78. The molecule has 1 saturated heterocycles. The van der Waals surface area contributed by atoms with E-state index in [1.54, 1.807) is 0 Å². The molecule has 1 fully saturated rings. The van der Waals surface area contributed by atoms with Gasteiger partial charge in [-0.1, -0.05) is 0 Å². The summed E-state index contributed by atoms with van der Waals surface area (Å²) in [7, 11) is 0. The summed E-state index contributed by atoms with van der Waals surface area (Å²) in [6, 6.07) is 1.84. The van der Waals surface area contributed by atoms with Crippen molar-refractivity contribution in [3.05, 3.63) is 11.8 Å². The van der Waals surface area contributed by atoms with E-state index in [0.717, 1.165) is 17.8 Å². The van der Waals surface area contributed by atoms with Crippen molar-refractivity contribution in [2.24, 2.45) is 10.9 Å². The van der Waals surface area contributed by atoms with Gasteiger partial charge in [0.2, 0.25) is 0 Å². The molecule has 5 heteroatoms. The molecular formula is C10H13N3O2. The number of aromatic amines is 1. The van der Waals surface area contributed by atoms with Crippen LogP contribution in [0.15, 0.2) is 11.1 Å². The number of nitrogens with zero attached hydrogens (tertiary/aromatic N) is 2. The van der Waals surface area contributed by atoms with Gasteiger partial charge in [-0.25, -0.2) is 4.99 Å². The molecule has 0 spiro atoms. The third kappa shape index (κ3) is 2.06. The number of esters is 1. The summed E-state index contributed by atoms with van der Waals surface area (Å²) < 4.78 is 4.88. The number of aliphatic imine (C=N–C) groups is 1. The molecular weight excluding hydrogens is 194 g/mol. The summed E-state index contributed by atoms with van der Waals surface area (Å²) >= 11 is 0. The number of carbonyl (C=O) groups is 1. The van der Waals surface area contributed by atoms with Crippen molar-refractivity contribution in [3.63, 3.8) is 0 Å². The van der Waals surface area contributed by atoms with Crippen LogP contribution in [0.3, 0.4) is 0 Å². The van der Waals surface area contributed by atoms with Crippen molar-refractivity contribution < 1.29 is 9.53 Å². The molecule has 0 saturated carbocycles. The standard InChI is InChI=1S/C10H13N3O2/c1-6-5-9(13-12-6)11-7(2)8-3-4-15-10(8)14/h5,8H,3-4H2,1-2H3,(H,12,13)/t8-/m1/s1. The van der Waals surface area contributed by atoms with E-state index in [1.807, 2.05) is 19.9 Å². The van der Waals surface area contributed by atoms with Crippen molar-refractivity contribution in [2.75, 3.05) is 6.61 Å². The Morgan fingerprint density at radius 2 is 2.53 bits per heavy atom. The third-order valence-corrected chi connectivity index (χ3v) is 2.42. The highest BCUT2D eigenvalue weighted by Gasteiger charge is 2.29. The van der Waals surface area contributed by atoms with Gasteiger partial charge in [-0.3, -0.25) is 9.89 Å². The number of hydrogen-bond acceptors (Lipinski definition) is 4. The fourth-order valence-corrected chi connectivity index (χ4v) is 1.59. The molecule has 5 nitrogen and oxygen atoms in total. The zero-order chi connectivity index (χ0) is 10.8. The number of cyclic esters (lactones) is 1. The molecule has 1 aliphatic rings. The maximum absolute atomic E-state index is 11.3. The lowest BCUT2D eigenvalue weighted by molar-refractivity contribution is -0.139. The molecule has 0 aliphatic carbocycles. The molecule has 1 N–H and O–H groups in total. The number of H-pyrrole nitrogens is 1. The molecule has 1 aromatic rings. The molecule has 1 atom stereocenters. The average molecular weight is 207 g/mol. The topological polar surface area (TPSA) is 67.3 Å². The predicted molar refractivity (Wildman–Crippen MR) is 55.2 cm³/mol. The largest absolute Gasteiger partial charge is 0.465 e. The van der Waals surface area contributed by atoms with E-state index in [0.29, 0.717) is 12.4 Å². The van der Waals surface area contributed by atoms with Gasteiger partial charge < -0.3 is 4.74 Å². The third-order valence-electron chi connectivity index (χ3n) is 2.42. The number of aromatic nitrogens is 2. The van der Waals surface area contributed by atoms with E-state index in [-0.39, 0.29) is 11.9 Å². The van der Waals surface area contributed by atoms with Crippen molar-refractivity contribution in [2.45, 2.75) is 20.3 Å². The van der Waals surface area contributed by atoms with Crippen LogP contribution >= 0.6 is 0 Å². The SMILES string of the molecule is CC(=Nc1cc(C)[nH]n1)[C@H]1CCOC1=O. The quantitative estimate of drug-likeness (QED) is 0.588. The van der Waals surface area contributed by atoms with Crippen molar-refractivity contribution >= 4 is 17.5 Å². The molecule has 0 amide bonds. The molecule has 2 heterocycles. The Morgan fingerprint density at radius 1 is 1.73 bits per heavy atom. The maximum atomic E-state index is 11.3. The first-order valence-electron chi connectivity index (χ1n) is 4.90. The molecule has 15 heavy (non-hydrogen) atoms. The molecule has 0 bridgehead atoms. The fraction of sp³-hybridized carbons (Fsp3) is 0.500. The first kappa shape index (κ1) is 9.89. The Morgan fingerprint density at radius 3 is 3.07 bits per heavy atom. The molecule has 0 unspecified atom stereocenters. The van der Waals surface area contributed by atoms with Crippen LogP contribution in [0.5, 0.6) is 0 Å². The van der Waals surface area contributed by atoms with Crippen LogP contribution in [0.4, 0.5) is 5.82 Å². The minimum atomic E-state index is -0.193. The Hall–Kier alpha value is -1.65. The monoisotopic (exact) mass is 207 g/mol. The Labute approximate surface area is 87.5 Å². The Balaban J connectivity index is 2.16. The molecule has 80 valence electrons. The molecule has 0 aromatic carbocycles. The van der Waals surface area contributed by atoms with Crippen molar-refractivity contribution in [1.82, 2.24) is 10.2 Å². The van der Waals surface area contributed by atoms with Crippen LogP contribution in [0.25, 0.3) is 0 Å². The molecule has 2 rings (SSSR count). The van der Waals surface area contributed by atoms with Crippen LogP contribution in [0.1, 0.15) is 19.0 Å². The first-order valence-corrected chi connectivity index (χ1v) is 4.90. The van der Waals surface area contributed by atoms with Crippen molar-refractivity contribution in [3.8, 4) is 0 Å². The van der Waals surface area contributed by atoms with Gasteiger partial charge in [0.25, 0.3) is 0 Å². The van der Waals surface area contributed by atoms with E-state index in [9.17, 15) is 4.79 Å². The Kier molecular flexibility index (Phi) is 2.53. The van der Waals surface area contributed by atoms with Gasteiger partial charge >= 0.3 is 5.97 Å². The van der Waals surface area contributed by atoms with E-state index < -0.39 is 0 Å². The summed E-state index contributed by atoms with van der Waals surface area (Å²) in [5.41, 5.74) is 1.72. The smallest absolute Gasteiger partial charge is 0.314 e. The number of hydrogen-bond donors (Lipinski definition) is 1. The lowest BCUT2D eigenvalue weighted by Crippen LogP contribution is -2.16. The van der Waals surface area contributed by atoms with Crippen LogP contribution < -0.4 is 0 Å². The second kappa shape index (κ2) is 3.84. The van der Waals surface area contributed by atoms with Gasteiger partial charge in [-0.05, 0) is 13.8 Å². The van der Waals surface area contributed by atoms with Crippen LogP contribution in [0.2, 0.25) is 0 Å². The van der Waals surface area contributed by atoms with E-state index in [2.05, 4.69) is 15.2 Å². The minimum absolute atomic E-state index is 0.177. The highest BCUT2D eigenvalue weighted by atomic mass is 16.5. The first-order chi connectivity index (χ1) is 7.16. The highest BCUT2D eigenvalue weighted by molar-refractivity contribution is 6.02. The van der Waals surface area contributed by atoms with Gasteiger partial charge in [0.05, 0.1) is 12.5 Å². The van der Waals surface area contributed by atoms with E-state index >= 15 is 0 Å². The lowest BCUT2D eigenvalue weighted by atomic mass is 10.0. The summed E-state index contributed by atoms with van der Waals surface area (Å²) in [5.74, 6) is 0.246. The molecule has 1 aromatic heterocycles. The second-order valence-electron chi connectivity index (χ2n) is 3.67. The van der Waals surface area contributed by atoms with Gasteiger partial charge in [-0.15, -0.1) is 0 Å². The predicted octanol–water partition coefficient (Wildman–Crippen LogP) is 1.37. The Bertz CT molecular complexity index is 409. The van der Waals surface area contributed by atoms with Crippen LogP contribution in [-0.4, -0.2) is 28.5 Å². The maximum Gasteiger partial charge on any atom is 0.314 e. The fourth-order valence-electron chi connectivity index (χ4n) is 1.59. The summed E-state index contributed by atoms with van der Waals surface area (Å²) in [6.07, 6.45) is 0.720. The highest BCUT2D eigenvalue weighted by Crippen LogP contribution is 2.19. The molecule has 0 radical (unpaired) electrons. The van der Waals surface area contributed by atoms with Crippen LogP contribution in [-0.2, 0) is 9.53 Å². The summed E-state index contributed by atoms with van der Waals surface area (Å²) in [5, 5.41) is 6.79. The summed E-state index contributed by atoms with van der Waals surface area (Å²) in [4.78, 5) is 15.6. The number of carbonyl (C=O) groups excluding carboxylic acids is 1. The van der Waals surface area contributed by atoms with E-state index in [4.69, 9.17) is 4.74 Å². The minimum Gasteiger partial charge on any atom is -0.465 e. The second-order valence-corrected chi connectivity index (χ2v) is 3.67. The number of rotatable bonds is 2. The van der Waals surface area contributed by atoms with Gasteiger partial charge in [0.1, 0.15) is 0 Å². The molecule has 1 aliphatic heterocycles. The summed E-state index contributed by atoms with van der Waals surface area (Å²) in [6.45, 7) is 4.24. The van der Waals surface area contributed by atoms with Gasteiger partial charge in [0.15, 0.2) is 5.82 Å². The normalized spacial score (nSPS) is 21.9. The number of nitrogens with one attached hydrogen (secondary N) is 1. The van der Waals surface area contributed by atoms with Crippen molar-refractivity contribution in [1.29, 1.82) is 0 Å². The van der Waals surface area contributed by atoms with E-state index in [1.165, 1.54) is 0 Å². The number of ether oxygens (including phenoxy) is 1. The number of aryl methyl sites for hydroxylation is 1. The van der Waals surface area contributed by atoms with Gasteiger partial charge in [-0.2, -0.15) is 5.10 Å².